The molecular formula is C10H15N7O. The van der Waals surface area contributed by atoms with Crippen molar-refractivity contribution in [2.45, 2.75) is 20.4 Å². The van der Waals surface area contributed by atoms with Gasteiger partial charge in [0.15, 0.2) is 0 Å². The van der Waals surface area contributed by atoms with Crippen LogP contribution in [-0.2, 0) is 13.6 Å². The lowest BCUT2D eigenvalue weighted by molar-refractivity contribution is 0.0941. The second kappa shape index (κ2) is 4.47. The Hall–Kier alpha value is -2.38. The molecule has 2 rings (SSSR count). The van der Waals surface area contributed by atoms with E-state index in [1.807, 2.05) is 20.9 Å². The third-order valence-electron chi connectivity index (χ3n) is 2.80. The van der Waals surface area contributed by atoms with Crippen LogP contribution < -0.4 is 11.1 Å². The highest BCUT2D eigenvalue weighted by Gasteiger charge is 2.13. The molecule has 8 nitrogen and oxygen atoms in total. The van der Waals surface area contributed by atoms with Gasteiger partial charge in [-0.2, -0.15) is 10.1 Å². The van der Waals surface area contributed by atoms with Crippen molar-refractivity contribution < 1.29 is 4.79 Å². The predicted octanol–water partition coefficient (Wildman–Crippen LogP) is -0.333. The monoisotopic (exact) mass is 249 g/mol. The van der Waals surface area contributed by atoms with Crippen LogP contribution >= 0.6 is 0 Å². The van der Waals surface area contributed by atoms with Crippen molar-refractivity contribution in [3.05, 3.63) is 22.8 Å². The molecule has 0 aromatic carbocycles. The third-order valence-corrected chi connectivity index (χ3v) is 2.80. The summed E-state index contributed by atoms with van der Waals surface area (Å²) in [7, 11) is 1.87. The molecule has 2 heterocycles. The van der Waals surface area contributed by atoms with E-state index < -0.39 is 0 Å². The lowest BCUT2D eigenvalue weighted by Crippen LogP contribution is -2.24. The van der Waals surface area contributed by atoms with Gasteiger partial charge < -0.3 is 11.1 Å². The average Bonchev–Trinajstić information content (AvgIpc) is 2.83. The van der Waals surface area contributed by atoms with Gasteiger partial charge in [0.25, 0.3) is 5.91 Å². The molecule has 0 aliphatic heterocycles. The minimum Gasteiger partial charge on any atom is -0.366 e. The Morgan fingerprint density at radius 2 is 2.22 bits per heavy atom. The first-order valence-corrected chi connectivity index (χ1v) is 5.44. The van der Waals surface area contributed by atoms with Crippen LogP contribution in [0.1, 0.15) is 27.6 Å². The number of carbonyl (C=O) groups excluding carboxylic acids is 1. The van der Waals surface area contributed by atoms with Crippen LogP contribution in [0.5, 0.6) is 0 Å². The molecule has 2 aromatic heterocycles. The summed E-state index contributed by atoms with van der Waals surface area (Å²) in [4.78, 5) is 15.5. The predicted molar refractivity (Wildman–Crippen MR) is 64.6 cm³/mol. The van der Waals surface area contributed by atoms with Crippen molar-refractivity contribution in [3.63, 3.8) is 0 Å². The topological polar surface area (TPSA) is 115 Å². The molecule has 4 N–H and O–H groups in total. The zero-order valence-electron chi connectivity index (χ0n) is 10.5. The SMILES string of the molecule is Cc1nn(C)c(C)c1CNC(=O)c1nc(N)n[nH]1. The van der Waals surface area contributed by atoms with Crippen LogP contribution in [-0.4, -0.2) is 30.9 Å². The van der Waals surface area contributed by atoms with E-state index >= 15 is 0 Å². The van der Waals surface area contributed by atoms with E-state index in [0.29, 0.717) is 6.54 Å². The van der Waals surface area contributed by atoms with Crippen LogP contribution in [0.25, 0.3) is 0 Å². The molecule has 0 fully saturated rings. The number of rotatable bonds is 3. The number of nitrogens with two attached hydrogens (primary N) is 1. The fourth-order valence-corrected chi connectivity index (χ4v) is 1.70. The van der Waals surface area contributed by atoms with Gasteiger partial charge in [0, 0.05) is 24.8 Å². The van der Waals surface area contributed by atoms with Crippen LogP contribution in [0.4, 0.5) is 5.95 Å². The number of hydrogen-bond acceptors (Lipinski definition) is 5. The number of aromatic amines is 1. The maximum absolute atomic E-state index is 11.7. The van der Waals surface area contributed by atoms with E-state index in [9.17, 15) is 4.79 Å². The first-order chi connectivity index (χ1) is 8.49. The maximum atomic E-state index is 11.7. The standard InChI is InChI=1S/C10H15N7O/c1-5-7(6(2)17(3)16-5)4-12-9(18)8-13-10(11)15-14-8/h4H2,1-3H3,(H,12,18)(H3,11,13,14,15). The van der Waals surface area contributed by atoms with Crippen molar-refractivity contribution in [3.8, 4) is 0 Å². The molecule has 0 spiro atoms. The van der Waals surface area contributed by atoms with Gasteiger partial charge in [-0.25, -0.2) is 0 Å². The normalized spacial score (nSPS) is 10.6. The highest BCUT2D eigenvalue weighted by Crippen LogP contribution is 2.11. The number of anilines is 1. The first kappa shape index (κ1) is 12.1. The highest BCUT2D eigenvalue weighted by atomic mass is 16.2. The van der Waals surface area contributed by atoms with E-state index in [4.69, 9.17) is 5.73 Å². The number of carbonyl (C=O) groups is 1. The van der Waals surface area contributed by atoms with Gasteiger partial charge in [-0.05, 0) is 13.8 Å². The van der Waals surface area contributed by atoms with Gasteiger partial charge in [-0.3, -0.25) is 14.6 Å². The zero-order chi connectivity index (χ0) is 13.3. The molecule has 0 atom stereocenters. The Morgan fingerprint density at radius 3 is 2.72 bits per heavy atom. The summed E-state index contributed by atoms with van der Waals surface area (Å²) in [6.07, 6.45) is 0. The molecule has 8 heteroatoms. The molecule has 1 amide bonds. The van der Waals surface area contributed by atoms with Crippen molar-refractivity contribution in [1.29, 1.82) is 0 Å². The molecule has 2 aromatic rings. The second-order valence-electron chi connectivity index (χ2n) is 4.00. The number of nitrogen functional groups attached to an aromatic ring is 1. The maximum Gasteiger partial charge on any atom is 0.288 e. The summed E-state index contributed by atoms with van der Waals surface area (Å²) in [6, 6.07) is 0. The fraction of sp³-hybridized carbons (Fsp3) is 0.400. The minimum atomic E-state index is -0.346. The van der Waals surface area contributed by atoms with Crippen molar-refractivity contribution in [2.75, 3.05) is 5.73 Å². The van der Waals surface area contributed by atoms with Crippen LogP contribution in [0.2, 0.25) is 0 Å². The quantitative estimate of drug-likeness (QED) is 0.689. The first-order valence-electron chi connectivity index (χ1n) is 5.44. The second-order valence-corrected chi connectivity index (χ2v) is 4.00. The summed E-state index contributed by atoms with van der Waals surface area (Å²) in [6.45, 7) is 4.25. The number of hydrogen-bond donors (Lipinski definition) is 3. The van der Waals surface area contributed by atoms with E-state index in [-0.39, 0.29) is 17.7 Å². The van der Waals surface area contributed by atoms with Crippen molar-refractivity contribution >= 4 is 11.9 Å². The number of nitrogens with zero attached hydrogens (tertiary/aromatic N) is 4. The van der Waals surface area contributed by atoms with E-state index in [0.717, 1.165) is 17.0 Å². The number of H-pyrrole nitrogens is 1. The van der Waals surface area contributed by atoms with Gasteiger partial charge >= 0.3 is 0 Å². The molecule has 0 radical (unpaired) electrons. The van der Waals surface area contributed by atoms with Gasteiger partial charge in [-0.15, -0.1) is 5.10 Å². The van der Waals surface area contributed by atoms with Gasteiger partial charge in [0.1, 0.15) is 0 Å². The molecule has 0 bridgehead atoms. The van der Waals surface area contributed by atoms with Gasteiger partial charge in [-0.1, -0.05) is 0 Å². The Labute approximate surface area is 104 Å². The Bertz CT molecular complexity index is 583. The van der Waals surface area contributed by atoms with E-state index in [2.05, 4.69) is 25.6 Å². The van der Waals surface area contributed by atoms with Gasteiger partial charge in [0.05, 0.1) is 5.69 Å². The average molecular weight is 249 g/mol. The number of amides is 1. The Morgan fingerprint density at radius 1 is 1.50 bits per heavy atom. The molecule has 0 saturated carbocycles. The van der Waals surface area contributed by atoms with E-state index in [1.54, 1.807) is 4.68 Å². The number of aryl methyl sites for hydroxylation is 2. The van der Waals surface area contributed by atoms with Crippen molar-refractivity contribution in [1.82, 2.24) is 30.3 Å². The Kier molecular flexibility index (Phi) is 3.00. The molecular weight excluding hydrogens is 234 g/mol. The molecule has 18 heavy (non-hydrogen) atoms. The molecule has 0 aliphatic rings. The van der Waals surface area contributed by atoms with Crippen molar-refractivity contribution in [2.24, 2.45) is 7.05 Å². The van der Waals surface area contributed by atoms with Crippen LogP contribution in [0, 0.1) is 13.8 Å². The smallest absolute Gasteiger partial charge is 0.288 e. The zero-order valence-corrected chi connectivity index (χ0v) is 10.5. The van der Waals surface area contributed by atoms with Crippen LogP contribution in [0.15, 0.2) is 0 Å². The molecule has 96 valence electrons. The fourth-order valence-electron chi connectivity index (χ4n) is 1.70. The third kappa shape index (κ3) is 2.17. The van der Waals surface area contributed by atoms with Gasteiger partial charge in [0.2, 0.25) is 11.8 Å². The lowest BCUT2D eigenvalue weighted by Gasteiger charge is -2.03. The van der Waals surface area contributed by atoms with Crippen LogP contribution in [0.3, 0.4) is 0 Å². The minimum absolute atomic E-state index is 0.0499. The Balaban J connectivity index is 2.06. The summed E-state index contributed by atoms with van der Waals surface area (Å²) in [5.41, 5.74) is 8.24. The largest absolute Gasteiger partial charge is 0.366 e. The molecule has 0 aliphatic carbocycles. The highest BCUT2D eigenvalue weighted by molar-refractivity contribution is 5.90. The van der Waals surface area contributed by atoms with E-state index in [1.165, 1.54) is 0 Å². The summed E-state index contributed by atoms with van der Waals surface area (Å²) in [5.74, 6) is -0.192. The lowest BCUT2D eigenvalue weighted by atomic mass is 10.2. The number of aromatic nitrogens is 5. The summed E-state index contributed by atoms with van der Waals surface area (Å²) >= 11 is 0. The molecule has 0 saturated heterocycles. The summed E-state index contributed by atoms with van der Waals surface area (Å²) in [5, 5.41) is 13.1. The number of nitrogens with one attached hydrogen (secondary N) is 2. The molecule has 0 unspecified atom stereocenters. The summed E-state index contributed by atoms with van der Waals surface area (Å²) < 4.78 is 1.78.